The molecule has 0 heterocycles. The molecule has 0 aromatic heterocycles. The van der Waals surface area contributed by atoms with E-state index in [9.17, 15) is 4.79 Å². The van der Waals surface area contributed by atoms with E-state index in [0.29, 0.717) is 13.2 Å². The molecule has 0 bridgehead atoms. The number of benzene rings is 1. The van der Waals surface area contributed by atoms with Crippen LogP contribution in [0.5, 0.6) is 0 Å². The van der Waals surface area contributed by atoms with Gasteiger partial charge in [0, 0.05) is 6.54 Å². The Bertz CT molecular complexity index is 324. The van der Waals surface area contributed by atoms with Crippen molar-refractivity contribution in [2.75, 3.05) is 20.2 Å². The molecule has 3 nitrogen and oxygen atoms in total. The second kappa shape index (κ2) is 7.85. The number of rotatable bonds is 7. The van der Waals surface area contributed by atoms with Gasteiger partial charge in [-0.25, -0.2) is 0 Å². The second-order valence-electron chi connectivity index (χ2n) is 4.23. The van der Waals surface area contributed by atoms with Crippen molar-refractivity contribution in [1.82, 2.24) is 4.90 Å². The summed E-state index contributed by atoms with van der Waals surface area (Å²) in [6, 6.07) is 10.1. The minimum absolute atomic E-state index is 0.142. The highest BCUT2D eigenvalue weighted by molar-refractivity contribution is 5.71. The molecule has 1 aromatic carbocycles. The number of unbranched alkanes of at least 4 members (excludes halogenated alkanes) is 1. The zero-order chi connectivity index (χ0) is 12.5. The van der Waals surface area contributed by atoms with E-state index in [1.54, 1.807) is 0 Å². The number of hydrogen-bond acceptors (Lipinski definition) is 3. The summed E-state index contributed by atoms with van der Waals surface area (Å²) in [5.41, 5.74) is 1.20. The van der Waals surface area contributed by atoms with E-state index >= 15 is 0 Å². The third kappa shape index (κ3) is 6.07. The fourth-order valence-corrected chi connectivity index (χ4v) is 1.55. The van der Waals surface area contributed by atoms with Crippen molar-refractivity contribution < 1.29 is 9.53 Å². The van der Waals surface area contributed by atoms with Crippen molar-refractivity contribution in [2.45, 2.75) is 26.3 Å². The van der Waals surface area contributed by atoms with Gasteiger partial charge in [0.1, 0.15) is 0 Å². The lowest BCUT2D eigenvalue weighted by atomic mass is 10.2. The molecule has 1 aromatic rings. The highest BCUT2D eigenvalue weighted by Crippen LogP contribution is 2.02. The average Bonchev–Trinajstić information content (AvgIpc) is 2.30. The highest BCUT2D eigenvalue weighted by atomic mass is 16.5. The molecule has 17 heavy (non-hydrogen) atoms. The van der Waals surface area contributed by atoms with Crippen LogP contribution in [-0.4, -0.2) is 31.1 Å². The maximum atomic E-state index is 11.5. The van der Waals surface area contributed by atoms with Crippen LogP contribution in [0, 0.1) is 0 Å². The van der Waals surface area contributed by atoms with Crippen molar-refractivity contribution in [3.63, 3.8) is 0 Å². The quantitative estimate of drug-likeness (QED) is 0.537. The first-order valence-corrected chi connectivity index (χ1v) is 6.10. The van der Waals surface area contributed by atoms with Crippen LogP contribution in [0.15, 0.2) is 30.3 Å². The van der Waals surface area contributed by atoms with E-state index in [0.717, 1.165) is 19.4 Å². The first-order chi connectivity index (χ1) is 8.22. The molecule has 0 radical (unpaired) electrons. The summed E-state index contributed by atoms with van der Waals surface area (Å²) in [5, 5.41) is 0. The summed E-state index contributed by atoms with van der Waals surface area (Å²) in [4.78, 5) is 13.4. The van der Waals surface area contributed by atoms with Crippen molar-refractivity contribution in [1.29, 1.82) is 0 Å². The van der Waals surface area contributed by atoms with Crippen LogP contribution in [0.4, 0.5) is 0 Å². The van der Waals surface area contributed by atoms with Gasteiger partial charge in [0.2, 0.25) is 0 Å². The van der Waals surface area contributed by atoms with Gasteiger partial charge >= 0.3 is 5.97 Å². The van der Waals surface area contributed by atoms with Crippen molar-refractivity contribution >= 4 is 5.97 Å². The maximum Gasteiger partial charge on any atom is 0.320 e. The molecular formula is C14H21NO2. The van der Waals surface area contributed by atoms with Gasteiger partial charge in [-0.15, -0.1) is 0 Å². The highest BCUT2D eigenvalue weighted by Gasteiger charge is 2.07. The second-order valence-corrected chi connectivity index (χ2v) is 4.23. The molecule has 0 unspecified atom stereocenters. The van der Waals surface area contributed by atoms with Crippen LogP contribution >= 0.6 is 0 Å². The van der Waals surface area contributed by atoms with E-state index in [1.165, 1.54) is 5.56 Å². The lowest BCUT2D eigenvalue weighted by Gasteiger charge is -2.15. The molecule has 94 valence electrons. The van der Waals surface area contributed by atoms with Crippen molar-refractivity contribution in [3.8, 4) is 0 Å². The molecule has 0 aliphatic carbocycles. The molecule has 0 fully saturated rings. The first kappa shape index (κ1) is 13.7. The SMILES string of the molecule is CCCCOC(=O)CN(C)Cc1ccccc1. The molecule has 0 aliphatic rings. The molecule has 1 rings (SSSR count). The maximum absolute atomic E-state index is 11.5. The van der Waals surface area contributed by atoms with Gasteiger partial charge in [-0.3, -0.25) is 9.69 Å². The van der Waals surface area contributed by atoms with Crippen LogP contribution in [-0.2, 0) is 16.1 Å². The fourth-order valence-electron chi connectivity index (χ4n) is 1.55. The summed E-state index contributed by atoms with van der Waals surface area (Å²) in [6.07, 6.45) is 1.99. The minimum Gasteiger partial charge on any atom is -0.465 e. The number of nitrogens with zero attached hydrogens (tertiary/aromatic N) is 1. The van der Waals surface area contributed by atoms with Crippen LogP contribution in [0.25, 0.3) is 0 Å². The van der Waals surface area contributed by atoms with E-state index in [2.05, 4.69) is 19.1 Å². The van der Waals surface area contributed by atoms with Gasteiger partial charge in [0.25, 0.3) is 0 Å². The summed E-state index contributed by atoms with van der Waals surface area (Å²) in [7, 11) is 1.92. The fraction of sp³-hybridized carbons (Fsp3) is 0.500. The zero-order valence-electron chi connectivity index (χ0n) is 10.7. The van der Waals surface area contributed by atoms with Gasteiger partial charge in [-0.2, -0.15) is 0 Å². The third-order valence-corrected chi connectivity index (χ3v) is 2.46. The molecule has 3 heteroatoms. The van der Waals surface area contributed by atoms with Gasteiger partial charge < -0.3 is 4.74 Å². The summed E-state index contributed by atoms with van der Waals surface area (Å²) >= 11 is 0. The Morgan fingerprint density at radius 2 is 2.00 bits per heavy atom. The van der Waals surface area contributed by atoms with Crippen LogP contribution in [0.2, 0.25) is 0 Å². The molecule has 0 spiro atoms. The number of carbonyl (C=O) groups is 1. The topological polar surface area (TPSA) is 29.5 Å². The molecular weight excluding hydrogens is 214 g/mol. The molecule has 0 amide bonds. The predicted octanol–water partition coefficient (Wildman–Crippen LogP) is 2.46. The van der Waals surface area contributed by atoms with Crippen LogP contribution in [0.3, 0.4) is 0 Å². The monoisotopic (exact) mass is 235 g/mol. The number of likely N-dealkylation sites (N-methyl/N-ethyl adjacent to an activating group) is 1. The summed E-state index contributed by atoms with van der Waals surface area (Å²) in [6.45, 7) is 3.73. The number of hydrogen-bond donors (Lipinski definition) is 0. The van der Waals surface area contributed by atoms with E-state index in [-0.39, 0.29) is 5.97 Å². The van der Waals surface area contributed by atoms with Crippen molar-refractivity contribution in [2.24, 2.45) is 0 Å². The van der Waals surface area contributed by atoms with Gasteiger partial charge in [0.05, 0.1) is 13.2 Å². The third-order valence-electron chi connectivity index (χ3n) is 2.46. The average molecular weight is 235 g/mol. The van der Waals surface area contributed by atoms with E-state index in [4.69, 9.17) is 4.74 Å². The van der Waals surface area contributed by atoms with Crippen LogP contribution < -0.4 is 0 Å². The molecule has 0 aliphatic heterocycles. The van der Waals surface area contributed by atoms with Gasteiger partial charge in [-0.1, -0.05) is 43.7 Å². The smallest absolute Gasteiger partial charge is 0.320 e. The largest absolute Gasteiger partial charge is 0.465 e. The Morgan fingerprint density at radius 3 is 2.65 bits per heavy atom. The molecule has 0 atom stereocenters. The van der Waals surface area contributed by atoms with Crippen molar-refractivity contribution in [3.05, 3.63) is 35.9 Å². The van der Waals surface area contributed by atoms with E-state index in [1.807, 2.05) is 30.1 Å². The Morgan fingerprint density at radius 1 is 1.29 bits per heavy atom. The first-order valence-electron chi connectivity index (χ1n) is 6.10. The minimum atomic E-state index is -0.142. The lowest BCUT2D eigenvalue weighted by molar-refractivity contribution is -0.144. The lowest BCUT2D eigenvalue weighted by Crippen LogP contribution is -2.27. The molecule has 0 saturated heterocycles. The Hall–Kier alpha value is -1.35. The predicted molar refractivity (Wildman–Crippen MR) is 68.6 cm³/mol. The number of carbonyl (C=O) groups excluding carboxylic acids is 1. The standard InChI is InChI=1S/C14H21NO2/c1-3-4-10-17-14(16)12-15(2)11-13-8-6-5-7-9-13/h5-9H,3-4,10-12H2,1-2H3. The Labute approximate surface area is 103 Å². The van der Waals surface area contributed by atoms with E-state index < -0.39 is 0 Å². The zero-order valence-corrected chi connectivity index (χ0v) is 10.7. The Kier molecular flexibility index (Phi) is 6.33. The normalized spacial score (nSPS) is 10.5. The van der Waals surface area contributed by atoms with Gasteiger partial charge in [-0.05, 0) is 19.0 Å². The molecule has 0 N–H and O–H groups in total. The summed E-state index contributed by atoms with van der Waals surface area (Å²) < 4.78 is 5.11. The van der Waals surface area contributed by atoms with Crippen LogP contribution in [0.1, 0.15) is 25.3 Å². The number of esters is 1. The molecule has 0 saturated carbocycles. The Balaban J connectivity index is 2.25. The van der Waals surface area contributed by atoms with Gasteiger partial charge in [0.15, 0.2) is 0 Å². The number of ether oxygens (including phenoxy) is 1. The summed E-state index contributed by atoms with van der Waals surface area (Å²) in [5.74, 6) is -0.142.